The molecule has 0 heterocycles. The number of anilines is 1. The molecule has 0 saturated carbocycles. The number of halogens is 2. The van der Waals surface area contributed by atoms with E-state index in [0.717, 1.165) is 27.7 Å². The van der Waals surface area contributed by atoms with Crippen molar-refractivity contribution in [2.45, 2.75) is 40.2 Å². The van der Waals surface area contributed by atoms with Crippen LogP contribution in [0.4, 0.5) is 5.69 Å². The van der Waals surface area contributed by atoms with Crippen molar-refractivity contribution in [1.29, 1.82) is 0 Å². The second-order valence-electron chi connectivity index (χ2n) is 4.48. The van der Waals surface area contributed by atoms with Gasteiger partial charge in [-0.15, -0.1) is 0 Å². The van der Waals surface area contributed by atoms with Crippen molar-refractivity contribution in [1.82, 2.24) is 0 Å². The highest BCUT2D eigenvalue weighted by Crippen LogP contribution is 2.30. The fourth-order valence-corrected chi connectivity index (χ4v) is 2.13. The van der Waals surface area contributed by atoms with Crippen LogP contribution < -0.4 is 5.32 Å². The summed E-state index contributed by atoms with van der Waals surface area (Å²) >= 11 is 12.3. The van der Waals surface area contributed by atoms with Crippen LogP contribution in [0.1, 0.15) is 32.8 Å². The van der Waals surface area contributed by atoms with Crippen molar-refractivity contribution in [2.24, 2.45) is 5.92 Å². The maximum Gasteiger partial charge on any atom is 0.0641 e. The number of hydrogen-bond acceptors (Lipinski definition) is 1. The molecule has 90 valence electrons. The zero-order valence-electron chi connectivity index (χ0n) is 10.3. The topological polar surface area (TPSA) is 12.0 Å². The van der Waals surface area contributed by atoms with Gasteiger partial charge in [-0.2, -0.15) is 0 Å². The van der Waals surface area contributed by atoms with E-state index in [1.165, 1.54) is 0 Å². The summed E-state index contributed by atoms with van der Waals surface area (Å²) in [5.41, 5.74) is 1.94. The molecular formula is C13H19Cl2N. The van der Waals surface area contributed by atoms with Crippen LogP contribution in [0.25, 0.3) is 0 Å². The fraction of sp³-hybridized carbons (Fsp3) is 0.538. The molecule has 1 aromatic carbocycles. The van der Waals surface area contributed by atoms with Crippen LogP contribution in [-0.4, -0.2) is 6.04 Å². The van der Waals surface area contributed by atoms with Crippen LogP contribution >= 0.6 is 23.2 Å². The summed E-state index contributed by atoms with van der Waals surface area (Å²) in [6.07, 6.45) is 1.07. The molecule has 1 aromatic rings. The van der Waals surface area contributed by atoms with E-state index in [1.807, 2.05) is 19.1 Å². The number of rotatable bonds is 4. The molecule has 0 spiro atoms. The molecule has 1 atom stereocenters. The summed E-state index contributed by atoms with van der Waals surface area (Å²) in [7, 11) is 0. The highest BCUT2D eigenvalue weighted by molar-refractivity contribution is 6.35. The van der Waals surface area contributed by atoms with Crippen LogP contribution in [0.2, 0.25) is 10.0 Å². The van der Waals surface area contributed by atoms with Crippen molar-refractivity contribution in [3.8, 4) is 0 Å². The molecule has 0 aliphatic carbocycles. The maximum atomic E-state index is 6.19. The van der Waals surface area contributed by atoms with Gasteiger partial charge in [-0.05, 0) is 37.0 Å². The van der Waals surface area contributed by atoms with Crippen LogP contribution in [-0.2, 0) is 0 Å². The fourth-order valence-electron chi connectivity index (χ4n) is 1.70. The third-order valence-corrected chi connectivity index (χ3v) is 3.55. The first-order valence-electron chi connectivity index (χ1n) is 5.67. The van der Waals surface area contributed by atoms with E-state index >= 15 is 0 Å². The Hall–Kier alpha value is -0.400. The van der Waals surface area contributed by atoms with Crippen LogP contribution in [0.3, 0.4) is 0 Å². The Labute approximate surface area is 108 Å². The van der Waals surface area contributed by atoms with E-state index in [9.17, 15) is 0 Å². The summed E-state index contributed by atoms with van der Waals surface area (Å²) in [5, 5.41) is 4.94. The summed E-state index contributed by atoms with van der Waals surface area (Å²) < 4.78 is 0. The molecule has 16 heavy (non-hydrogen) atoms. The van der Waals surface area contributed by atoms with Gasteiger partial charge in [0.15, 0.2) is 0 Å². The highest BCUT2D eigenvalue weighted by Gasteiger charge is 2.13. The van der Waals surface area contributed by atoms with Gasteiger partial charge in [0.05, 0.1) is 10.7 Å². The monoisotopic (exact) mass is 259 g/mol. The minimum absolute atomic E-state index is 0.427. The molecule has 1 nitrogen and oxygen atoms in total. The summed E-state index contributed by atoms with van der Waals surface area (Å²) in [4.78, 5) is 0. The largest absolute Gasteiger partial charge is 0.381 e. The Morgan fingerprint density at radius 3 is 2.31 bits per heavy atom. The van der Waals surface area contributed by atoms with Gasteiger partial charge in [-0.3, -0.25) is 0 Å². The number of nitrogens with one attached hydrogen (secondary N) is 1. The minimum Gasteiger partial charge on any atom is -0.381 e. The van der Waals surface area contributed by atoms with Gasteiger partial charge in [-0.1, -0.05) is 44.0 Å². The lowest BCUT2D eigenvalue weighted by molar-refractivity contribution is 0.511. The predicted octanol–water partition coefficient (Wildman–Crippen LogP) is 5.15. The van der Waals surface area contributed by atoms with Gasteiger partial charge in [0.25, 0.3) is 0 Å². The van der Waals surface area contributed by atoms with E-state index in [2.05, 4.69) is 26.1 Å². The Morgan fingerprint density at radius 1 is 1.19 bits per heavy atom. The van der Waals surface area contributed by atoms with Gasteiger partial charge >= 0.3 is 0 Å². The second kappa shape index (κ2) is 5.79. The quantitative estimate of drug-likeness (QED) is 0.789. The predicted molar refractivity (Wildman–Crippen MR) is 73.7 cm³/mol. The lowest BCUT2D eigenvalue weighted by atomic mass is 10.0. The van der Waals surface area contributed by atoms with E-state index in [0.29, 0.717) is 12.0 Å². The molecule has 0 aromatic heterocycles. The van der Waals surface area contributed by atoms with Crippen LogP contribution in [0.15, 0.2) is 12.1 Å². The third-order valence-electron chi connectivity index (χ3n) is 2.83. The van der Waals surface area contributed by atoms with Gasteiger partial charge in [0.2, 0.25) is 0 Å². The third kappa shape index (κ3) is 3.29. The molecular weight excluding hydrogens is 241 g/mol. The summed E-state index contributed by atoms with van der Waals surface area (Å²) in [5.74, 6) is 0.571. The first-order chi connectivity index (χ1) is 7.45. The van der Waals surface area contributed by atoms with Crippen molar-refractivity contribution in [3.63, 3.8) is 0 Å². The first-order valence-corrected chi connectivity index (χ1v) is 6.43. The number of aryl methyl sites for hydroxylation is 1. The SMILES string of the molecule is CCC(Nc1cc(Cl)c(C)cc1Cl)C(C)C. The average Bonchev–Trinajstić information content (AvgIpc) is 2.21. The Kier molecular flexibility index (Phi) is 4.94. The molecule has 1 N–H and O–H groups in total. The molecule has 0 saturated heterocycles. The first kappa shape index (κ1) is 13.7. The van der Waals surface area contributed by atoms with Crippen molar-refractivity contribution >= 4 is 28.9 Å². The maximum absolute atomic E-state index is 6.19. The molecule has 0 bridgehead atoms. The normalized spacial score (nSPS) is 12.9. The van der Waals surface area contributed by atoms with E-state index in [-0.39, 0.29) is 0 Å². The summed E-state index contributed by atoms with van der Waals surface area (Å²) in [6.45, 7) is 8.52. The smallest absolute Gasteiger partial charge is 0.0641 e. The molecule has 0 amide bonds. The summed E-state index contributed by atoms with van der Waals surface area (Å²) in [6, 6.07) is 4.24. The lowest BCUT2D eigenvalue weighted by Crippen LogP contribution is -2.24. The number of hydrogen-bond donors (Lipinski definition) is 1. The average molecular weight is 260 g/mol. The molecule has 1 unspecified atom stereocenters. The lowest BCUT2D eigenvalue weighted by Gasteiger charge is -2.23. The molecule has 0 aliphatic rings. The van der Waals surface area contributed by atoms with Crippen LogP contribution in [0, 0.1) is 12.8 Å². The minimum atomic E-state index is 0.427. The zero-order valence-corrected chi connectivity index (χ0v) is 11.8. The second-order valence-corrected chi connectivity index (χ2v) is 5.30. The van der Waals surface area contributed by atoms with Gasteiger partial charge in [-0.25, -0.2) is 0 Å². The van der Waals surface area contributed by atoms with Crippen molar-refractivity contribution in [2.75, 3.05) is 5.32 Å². The highest BCUT2D eigenvalue weighted by atomic mass is 35.5. The molecule has 1 rings (SSSR count). The standard InChI is InChI=1S/C13H19Cl2N/c1-5-12(8(2)3)16-13-7-10(14)9(4)6-11(13)15/h6-8,12,16H,5H2,1-4H3. The Morgan fingerprint density at radius 2 is 1.81 bits per heavy atom. The Balaban J connectivity index is 2.92. The van der Waals surface area contributed by atoms with E-state index in [4.69, 9.17) is 23.2 Å². The van der Waals surface area contributed by atoms with Gasteiger partial charge in [0.1, 0.15) is 0 Å². The zero-order chi connectivity index (χ0) is 12.3. The molecule has 0 radical (unpaired) electrons. The molecule has 3 heteroatoms. The molecule has 0 fully saturated rings. The van der Waals surface area contributed by atoms with Gasteiger partial charge < -0.3 is 5.32 Å². The molecule has 0 aliphatic heterocycles. The van der Waals surface area contributed by atoms with Crippen molar-refractivity contribution in [3.05, 3.63) is 27.7 Å². The number of benzene rings is 1. The van der Waals surface area contributed by atoms with Gasteiger partial charge in [0, 0.05) is 11.1 Å². The van der Waals surface area contributed by atoms with Crippen LogP contribution in [0.5, 0.6) is 0 Å². The van der Waals surface area contributed by atoms with E-state index in [1.54, 1.807) is 0 Å². The Bertz CT molecular complexity index is 361. The van der Waals surface area contributed by atoms with E-state index < -0.39 is 0 Å². The van der Waals surface area contributed by atoms with Crippen molar-refractivity contribution < 1.29 is 0 Å².